The number of carbonyl (C=O) groups excluding carboxylic acids is 1. The van der Waals surface area contributed by atoms with Gasteiger partial charge in [-0.25, -0.2) is 27.9 Å². The molecule has 1 fully saturated rings. The number of fused-ring (bicyclic) bond motifs is 1. The lowest BCUT2D eigenvalue weighted by molar-refractivity contribution is -0.0495. The Morgan fingerprint density at radius 2 is 2.11 bits per heavy atom. The number of carbonyl (C=O) groups is 1. The highest BCUT2D eigenvalue weighted by atomic mass is 19.3. The Morgan fingerprint density at radius 1 is 1.33 bits per heavy atom. The molecule has 1 amide bonds. The topological polar surface area (TPSA) is 111 Å². The molecule has 4 rings (SSSR count). The lowest BCUT2D eigenvalue weighted by atomic mass is 9.81. The molecule has 11 heteroatoms. The van der Waals surface area contributed by atoms with Crippen LogP contribution in [0.5, 0.6) is 0 Å². The molecule has 0 saturated heterocycles. The average Bonchev–Trinajstić information content (AvgIpc) is 3.25. The van der Waals surface area contributed by atoms with Crippen molar-refractivity contribution in [1.82, 2.24) is 35.2 Å². The van der Waals surface area contributed by atoms with E-state index in [2.05, 4.69) is 35.3 Å². The molecule has 9 nitrogen and oxygen atoms in total. The Kier molecular flexibility index (Phi) is 4.28. The summed E-state index contributed by atoms with van der Waals surface area (Å²) in [6.07, 6.45) is 4.75. The highest BCUT2D eigenvalue weighted by Crippen LogP contribution is 2.41. The van der Waals surface area contributed by atoms with Gasteiger partial charge in [-0.15, -0.1) is 0 Å². The zero-order valence-corrected chi connectivity index (χ0v) is 14.5. The van der Waals surface area contributed by atoms with E-state index in [9.17, 15) is 13.6 Å². The zero-order valence-electron chi connectivity index (χ0n) is 14.5. The maximum atomic E-state index is 13.6. The van der Waals surface area contributed by atoms with Gasteiger partial charge in [-0.3, -0.25) is 4.79 Å². The van der Waals surface area contributed by atoms with E-state index in [0.717, 1.165) is 0 Å². The molecule has 3 aromatic rings. The summed E-state index contributed by atoms with van der Waals surface area (Å²) in [7, 11) is 0. The fraction of sp³-hybridized carbons (Fsp3) is 0.500. The smallest absolute Gasteiger partial charge is 0.276 e. The Morgan fingerprint density at radius 3 is 2.78 bits per heavy atom. The highest BCUT2D eigenvalue weighted by molar-refractivity contribution is 5.93. The van der Waals surface area contributed by atoms with Gasteiger partial charge in [-0.2, -0.15) is 5.10 Å². The fourth-order valence-electron chi connectivity index (χ4n) is 3.38. The van der Waals surface area contributed by atoms with Crippen molar-refractivity contribution in [2.45, 2.75) is 44.6 Å². The van der Waals surface area contributed by atoms with Crippen LogP contribution in [0.15, 0.2) is 23.2 Å². The van der Waals surface area contributed by atoms with Crippen molar-refractivity contribution in [3.63, 3.8) is 0 Å². The molecule has 1 unspecified atom stereocenters. The van der Waals surface area contributed by atoms with Crippen molar-refractivity contribution in [1.29, 1.82) is 0 Å². The quantitative estimate of drug-likeness (QED) is 0.741. The van der Waals surface area contributed by atoms with Crippen LogP contribution in [-0.2, 0) is 0 Å². The number of amides is 1. The molecule has 1 N–H and O–H groups in total. The van der Waals surface area contributed by atoms with E-state index in [4.69, 9.17) is 0 Å². The molecule has 0 spiro atoms. The van der Waals surface area contributed by atoms with Gasteiger partial charge in [-0.1, -0.05) is 5.16 Å². The minimum atomic E-state index is -2.67. The lowest BCUT2D eigenvalue weighted by Gasteiger charge is -2.33. The molecular weight excluding hydrogens is 360 g/mol. The molecule has 3 heterocycles. The van der Waals surface area contributed by atoms with Crippen LogP contribution < -0.4 is 5.32 Å². The largest absolute Gasteiger partial charge is 0.342 e. The summed E-state index contributed by atoms with van der Waals surface area (Å²) in [6.45, 7) is 1.60. The number of hydrogen-bond donors (Lipinski definition) is 1. The van der Waals surface area contributed by atoms with Gasteiger partial charge in [0, 0.05) is 12.8 Å². The fourth-order valence-corrected chi connectivity index (χ4v) is 3.38. The lowest BCUT2D eigenvalue weighted by Crippen LogP contribution is -2.37. The van der Waals surface area contributed by atoms with Crippen LogP contribution in [0.2, 0.25) is 0 Å². The monoisotopic (exact) mass is 377 g/mol. The Balaban J connectivity index is 1.64. The first-order valence-electron chi connectivity index (χ1n) is 8.57. The number of halogens is 2. The molecule has 1 saturated carbocycles. The van der Waals surface area contributed by atoms with Gasteiger partial charge in [0.25, 0.3) is 11.7 Å². The van der Waals surface area contributed by atoms with E-state index in [1.807, 2.05) is 0 Å². The zero-order chi connectivity index (χ0) is 19.0. The van der Waals surface area contributed by atoms with Crippen LogP contribution >= 0.6 is 0 Å². The second kappa shape index (κ2) is 6.63. The molecule has 0 radical (unpaired) electrons. The van der Waals surface area contributed by atoms with E-state index >= 15 is 0 Å². The summed E-state index contributed by atoms with van der Waals surface area (Å²) in [5.74, 6) is -2.99. The number of aryl methyl sites for hydroxylation is 1. The summed E-state index contributed by atoms with van der Waals surface area (Å²) < 4.78 is 33.2. The Bertz CT molecular complexity index is 927. The minimum absolute atomic E-state index is 0.0566. The Labute approximate surface area is 152 Å². The van der Waals surface area contributed by atoms with E-state index in [0.29, 0.717) is 17.2 Å². The first kappa shape index (κ1) is 17.4. The van der Waals surface area contributed by atoms with Crippen LogP contribution in [0.1, 0.15) is 53.6 Å². The van der Waals surface area contributed by atoms with Gasteiger partial charge in [0.15, 0.2) is 5.69 Å². The molecule has 0 aliphatic heterocycles. The molecule has 1 aliphatic rings. The molecule has 3 aromatic heterocycles. The van der Waals surface area contributed by atoms with E-state index < -0.39 is 17.9 Å². The third-order valence-electron chi connectivity index (χ3n) is 4.84. The second-order valence-electron chi connectivity index (χ2n) is 6.70. The number of alkyl halides is 2. The summed E-state index contributed by atoms with van der Waals surface area (Å²) in [6, 6.07) is -0.576. The summed E-state index contributed by atoms with van der Waals surface area (Å²) in [5.41, 5.74) is 0.916. The van der Waals surface area contributed by atoms with E-state index in [1.54, 1.807) is 13.1 Å². The molecule has 0 bridgehead atoms. The average molecular weight is 377 g/mol. The van der Waals surface area contributed by atoms with Gasteiger partial charge in [0.05, 0.1) is 30.3 Å². The predicted octanol–water partition coefficient (Wildman–Crippen LogP) is 2.11. The van der Waals surface area contributed by atoms with Crippen LogP contribution in [0.4, 0.5) is 8.78 Å². The van der Waals surface area contributed by atoms with Gasteiger partial charge in [-0.05, 0) is 30.8 Å². The normalized spacial score (nSPS) is 18.5. The van der Waals surface area contributed by atoms with E-state index in [1.165, 1.54) is 16.9 Å². The summed E-state index contributed by atoms with van der Waals surface area (Å²) in [5, 5.41) is 14.2. The van der Waals surface area contributed by atoms with Crippen LogP contribution in [0, 0.1) is 12.8 Å². The van der Waals surface area contributed by atoms with Crippen molar-refractivity contribution in [3.05, 3.63) is 35.7 Å². The first-order chi connectivity index (χ1) is 12.9. The Hall–Kier alpha value is -2.98. The van der Waals surface area contributed by atoms with E-state index in [-0.39, 0.29) is 37.3 Å². The van der Waals surface area contributed by atoms with Crippen LogP contribution in [0.3, 0.4) is 0 Å². The van der Waals surface area contributed by atoms with Crippen molar-refractivity contribution in [2.24, 2.45) is 5.92 Å². The van der Waals surface area contributed by atoms with Crippen LogP contribution in [-0.4, -0.2) is 41.7 Å². The number of imidazole rings is 1. The van der Waals surface area contributed by atoms with Crippen molar-refractivity contribution in [3.8, 4) is 0 Å². The first-order valence-corrected chi connectivity index (χ1v) is 8.57. The molecule has 0 aromatic carbocycles. The molecular formula is C16H17F2N7O2. The predicted molar refractivity (Wildman–Crippen MR) is 86.9 cm³/mol. The van der Waals surface area contributed by atoms with Gasteiger partial charge in [0.1, 0.15) is 5.69 Å². The van der Waals surface area contributed by atoms with Gasteiger partial charge < -0.3 is 5.32 Å². The summed E-state index contributed by atoms with van der Waals surface area (Å²) >= 11 is 0. The minimum Gasteiger partial charge on any atom is -0.342 e. The number of nitrogens with one attached hydrogen (secondary N) is 1. The SMILES string of the molecule is Cc1nonc1C(=O)NC(c1cn2nccnc2n1)C1CCC(F)(F)CC1. The maximum absolute atomic E-state index is 13.6. The van der Waals surface area contributed by atoms with Crippen molar-refractivity contribution >= 4 is 11.7 Å². The number of aromatic nitrogens is 6. The van der Waals surface area contributed by atoms with Crippen molar-refractivity contribution < 1.29 is 18.2 Å². The molecule has 1 aliphatic carbocycles. The molecule has 1 atom stereocenters. The van der Waals surface area contributed by atoms with Gasteiger partial charge >= 0.3 is 0 Å². The second-order valence-corrected chi connectivity index (χ2v) is 6.70. The number of nitrogens with zero attached hydrogens (tertiary/aromatic N) is 6. The van der Waals surface area contributed by atoms with Gasteiger partial charge in [0.2, 0.25) is 5.92 Å². The van der Waals surface area contributed by atoms with Crippen molar-refractivity contribution in [2.75, 3.05) is 0 Å². The highest BCUT2D eigenvalue weighted by Gasteiger charge is 2.39. The van der Waals surface area contributed by atoms with Crippen LogP contribution in [0.25, 0.3) is 5.78 Å². The molecule has 142 valence electrons. The third-order valence-corrected chi connectivity index (χ3v) is 4.84. The summed E-state index contributed by atoms with van der Waals surface area (Å²) in [4.78, 5) is 21.1. The standard InChI is InChI=1S/C16H17F2N7O2/c1-9-12(24-27-23-9)14(26)22-13(10-2-4-16(17,18)5-3-10)11-8-25-15(21-11)19-6-7-20-25/h6-8,10,13H,2-5H2,1H3,(H,22,26). The number of rotatable bonds is 4. The number of hydrogen-bond acceptors (Lipinski definition) is 7. The maximum Gasteiger partial charge on any atom is 0.276 e. The third kappa shape index (κ3) is 3.49. The molecule has 27 heavy (non-hydrogen) atoms.